The number of benzene rings is 3. The number of para-hydroxylation sites is 3. The second-order valence-electron chi connectivity index (χ2n) is 9.09. The number of carbonyl (C=O) groups is 1. The second kappa shape index (κ2) is 7.34. The molecule has 6 heteroatoms. The molecule has 2 unspecified atom stereocenters. The third-order valence-corrected chi connectivity index (χ3v) is 7.37. The van der Waals surface area contributed by atoms with Crippen molar-refractivity contribution in [1.29, 1.82) is 0 Å². The van der Waals surface area contributed by atoms with E-state index in [2.05, 4.69) is 39.1 Å². The van der Waals surface area contributed by atoms with E-state index in [0.717, 1.165) is 56.7 Å². The van der Waals surface area contributed by atoms with Crippen LogP contribution in [-0.4, -0.2) is 20.3 Å². The van der Waals surface area contributed by atoms with Gasteiger partial charge in [0.1, 0.15) is 0 Å². The van der Waals surface area contributed by atoms with Crippen molar-refractivity contribution in [3.05, 3.63) is 106 Å². The molecule has 0 fully saturated rings. The highest BCUT2D eigenvalue weighted by Gasteiger charge is 2.40. The number of aromatic nitrogens is 3. The fourth-order valence-electron chi connectivity index (χ4n) is 5.64. The highest BCUT2D eigenvalue weighted by molar-refractivity contribution is 6.30. The average molecular weight is 465 g/mol. The number of ketones is 1. The molecule has 2 aromatic heterocycles. The Hall–Kier alpha value is -3.83. The van der Waals surface area contributed by atoms with Gasteiger partial charge in [0.05, 0.1) is 17.1 Å². The van der Waals surface area contributed by atoms with Gasteiger partial charge in [-0.3, -0.25) is 9.36 Å². The van der Waals surface area contributed by atoms with Gasteiger partial charge >= 0.3 is 0 Å². The lowest BCUT2D eigenvalue weighted by atomic mass is 9.77. The first kappa shape index (κ1) is 19.6. The van der Waals surface area contributed by atoms with Crippen LogP contribution in [0.3, 0.4) is 0 Å². The maximum Gasteiger partial charge on any atom is 0.209 e. The number of Topliss-reactive ketones (excluding diaryl/α,β-unsaturated/α-hetero) is 1. The average Bonchev–Trinajstić information content (AvgIpc) is 3.44. The molecule has 0 saturated heterocycles. The van der Waals surface area contributed by atoms with Gasteiger partial charge in [-0.2, -0.15) is 0 Å². The molecule has 2 atom stereocenters. The van der Waals surface area contributed by atoms with Crippen LogP contribution in [-0.2, 0) is 4.79 Å². The molecule has 0 saturated carbocycles. The minimum atomic E-state index is -0.248. The molecule has 7 rings (SSSR count). The molecule has 166 valence electrons. The lowest BCUT2D eigenvalue weighted by molar-refractivity contribution is -0.116. The summed E-state index contributed by atoms with van der Waals surface area (Å²) in [5.74, 6) is 1.02. The van der Waals surface area contributed by atoms with E-state index in [0.29, 0.717) is 11.4 Å². The molecule has 2 aliphatic rings. The van der Waals surface area contributed by atoms with E-state index in [9.17, 15) is 4.79 Å². The fourth-order valence-corrected chi connectivity index (χ4v) is 5.83. The number of aromatic amines is 1. The summed E-state index contributed by atoms with van der Waals surface area (Å²) in [5, 5.41) is 5.35. The Labute approximate surface area is 201 Å². The standard InChI is InChI=1S/C28H21ClN4O/c29-18-7-5-6-16(12-18)17-13-23-26(25(34)14-17)27(20-15-30-21-9-2-1-8-19(20)21)33-24-11-4-3-10-22(24)31-28(33)32-23/h1-12,15,17,27,30H,13-14H2,(H,31,32). The van der Waals surface area contributed by atoms with E-state index >= 15 is 0 Å². The number of hydrogen-bond acceptors (Lipinski definition) is 3. The number of halogens is 1. The molecule has 5 aromatic rings. The number of carbonyl (C=O) groups excluding carboxylic acids is 1. The molecular formula is C28H21ClN4O. The minimum absolute atomic E-state index is 0.0806. The molecule has 3 heterocycles. The van der Waals surface area contributed by atoms with Crippen LogP contribution in [0.25, 0.3) is 21.9 Å². The second-order valence-corrected chi connectivity index (χ2v) is 9.52. The van der Waals surface area contributed by atoms with Gasteiger partial charge in [-0.15, -0.1) is 0 Å². The van der Waals surface area contributed by atoms with Crippen molar-refractivity contribution in [2.24, 2.45) is 0 Å². The topological polar surface area (TPSA) is 62.7 Å². The van der Waals surface area contributed by atoms with E-state index < -0.39 is 0 Å². The van der Waals surface area contributed by atoms with Crippen LogP contribution < -0.4 is 5.32 Å². The first-order valence-corrected chi connectivity index (χ1v) is 11.9. The Balaban J connectivity index is 1.45. The molecule has 2 N–H and O–H groups in total. The zero-order valence-electron chi connectivity index (χ0n) is 18.3. The molecule has 5 nitrogen and oxygen atoms in total. The number of allylic oxidation sites excluding steroid dienone is 2. The van der Waals surface area contributed by atoms with E-state index in [1.807, 2.05) is 54.7 Å². The number of fused-ring (bicyclic) bond motifs is 4. The van der Waals surface area contributed by atoms with Gasteiger partial charge < -0.3 is 10.3 Å². The summed E-state index contributed by atoms with van der Waals surface area (Å²) in [6, 6.07) is 24.0. The van der Waals surface area contributed by atoms with E-state index in [1.54, 1.807) is 0 Å². The van der Waals surface area contributed by atoms with Crippen LogP contribution in [0.2, 0.25) is 5.02 Å². The molecule has 0 spiro atoms. The van der Waals surface area contributed by atoms with Crippen molar-refractivity contribution in [2.75, 3.05) is 5.32 Å². The van der Waals surface area contributed by atoms with Gasteiger partial charge in [0.2, 0.25) is 5.95 Å². The largest absolute Gasteiger partial charge is 0.361 e. The van der Waals surface area contributed by atoms with Gasteiger partial charge in [0, 0.05) is 45.4 Å². The summed E-state index contributed by atoms with van der Waals surface area (Å²) in [6.45, 7) is 0. The van der Waals surface area contributed by atoms with Crippen LogP contribution in [0.5, 0.6) is 0 Å². The van der Waals surface area contributed by atoms with Crippen LogP contribution in [0.15, 0.2) is 90.3 Å². The lowest BCUT2D eigenvalue weighted by Crippen LogP contribution is -2.33. The summed E-state index contributed by atoms with van der Waals surface area (Å²) in [6.07, 6.45) is 3.24. The fraction of sp³-hybridized carbons (Fsp3) is 0.143. The number of imidazole rings is 1. The smallest absolute Gasteiger partial charge is 0.209 e. The SMILES string of the molecule is O=C1CC(c2cccc(Cl)c2)CC2=C1C(c1c[nH]c3ccccc13)n1c(nc3ccccc31)N2. The molecule has 0 radical (unpaired) electrons. The van der Waals surface area contributed by atoms with Gasteiger partial charge in [-0.1, -0.05) is 54.1 Å². The maximum absolute atomic E-state index is 13.8. The Bertz CT molecular complexity index is 1640. The lowest BCUT2D eigenvalue weighted by Gasteiger charge is -2.36. The van der Waals surface area contributed by atoms with E-state index in [4.69, 9.17) is 16.6 Å². The summed E-state index contributed by atoms with van der Waals surface area (Å²) in [5.41, 5.74) is 6.95. The third kappa shape index (κ3) is 2.87. The number of nitrogens with zero attached hydrogens (tertiary/aromatic N) is 2. The summed E-state index contributed by atoms with van der Waals surface area (Å²) < 4.78 is 2.18. The summed E-state index contributed by atoms with van der Waals surface area (Å²) in [7, 11) is 0. The third-order valence-electron chi connectivity index (χ3n) is 7.13. The molecule has 3 aromatic carbocycles. The minimum Gasteiger partial charge on any atom is -0.361 e. The van der Waals surface area contributed by atoms with E-state index in [-0.39, 0.29) is 17.7 Å². The van der Waals surface area contributed by atoms with Crippen molar-refractivity contribution in [1.82, 2.24) is 14.5 Å². The number of rotatable bonds is 2. The van der Waals surface area contributed by atoms with Crippen LogP contribution in [0.1, 0.15) is 35.9 Å². The first-order valence-electron chi connectivity index (χ1n) is 11.5. The van der Waals surface area contributed by atoms with Gasteiger partial charge in [-0.05, 0) is 48.2 Å². The monoisotopic (exact) mass is 464 g/mol. The molecule has 1 aliphatic heterocycles. The maximum atomic E-state index is 13.8. The Morgan fingerprint density at radius 1 is 0.971 bits per heavy atom. The quantitative estimate of drug-likeness (QED) is 0.310. The van der Waals surface area contributed by atoms with Crippen molar-refractivity contribution < 1.29 is 4.79 Å². The predicted molar refractivity (Wildman–Crippen MR) is 135 cm³/mol. The van der Waals surface area contributed by atoms with E-state index in [1.165, 1.54) is 0 Å². The van der Waals surface area contributed by atoms with Gasteiger partial charge in [0.15, 0.2) is 5.78 Å². The number of H-pyrrole nitrogens is 1. The number of anilines is 1. The number of hydrogen-bond donors (Lipinski definition) is 2. The zero-order chi connectivity index (χ0) is 22.8. The van der Waals surface area contributed by atoms with Gasteiger partial charge in [0.25, 0.3) is 0 Å². The van der Waals surface area contributed by atoms with Crippen LogP contribution in [0.4, 0.5) is 5.95 Å². The highest BCUT2D eigenvalue weighted by atomic mass is 35.5. The molecule has 0 bridgehead atoms. The zero-order valence-corrected chi connectivity index (χ0v) is 19.0. The number of nitrogens with one attached hydrogen (secondary N) is 2. The van der Waals surface area contributed by atoms with Crippen molar-refractivity contribution >= 4 is 45.3 Å². The van der Waals surface area contributed by atoms with Crippen molar-refractivity contribution in [3.63, 3.8) is 0 Å². The van der Waals surface area contributed by atoms with Crippen molar-refractivity contribution in [2.45, 2.75) is 24.8 Å². The van der Waals surface area contributed by atoms with Crippen molar-refractivity contribution in [3.8, 4) is 0 Å². The normalized spacial score (nSPS) is 19.9. The summed E-state index contributed by atoms with van der Waals surface area (Å²) >= 11 is 6.27. The first-order chi connectivity index (χ1) is 16.7. The predicted octanol–water partition coefficient (Wildman–Crippen LogP) is 6.59. The Kier molecular flexibility index (Phi) is 4.23. The summed E-state index contributed by atoms with van der Waals surface area (Å²) in [4.78, 5) is 22.1. The molecule has 1 aliphatic carbocycles. The van der Waals surface area contributed by atoms with Crippen LogP contribution >= 0.6 is 11.6 Å². The van der Waals surface area contributed by atoms with Crippen LogP contribution in [0, 0.1) is 0 Å². The van der Waals surface area contributed by atoms with Gasteiger partial charge in [-0.25, -0.2) is 4.98 Å². The molecule has 34 heavy (non-hydrogen) atoms. The Morgan fingerprint density at radius 2 is 1.82 bits per heavy atom. The molecule has 0 amide bonds. The molecular weight excluding hydrogens is 444 g/mol. The Morgan fingerprint density at radius 3 is 2.74 bits per heavy atom. The highest BCUT2D eigenvalue weighted by Crippen LogP contribution is 2.47.